The largest absolute Gasteiger partial charge is 0.311 e. The predicted octanol–water partition coefficient (Wildman–Crippen LogP) is 2.48. The fraction of sp³-hybridized carbons (Fsp3) is 0.600. The van der Waals surface area contributed by atoms with Crippen molar-refractivity contribution in [1.29, 1.82) is 0 Å². The molecule has 0 aromatic heterocycles. The Morgan fingerprint density at radius 1 is 1.45 bits per heavy atom. The molecular formula is C15H23N3O2. The lowest BCUT2D eigenvalue weighted by molar-refractivity contribution is -0.385. The molecule has 1 heterocycles. The first kappa shape index (κ1) is 14.9. The third-order valence-corrected chi connectivity index (χ3v) is 4.23. The number of hydrogen-bond acceptors (Lipinski definition) is 4. The summed E-state index contributed by atoms with van der Waals surface area (Å²) in [6, 6.07) is 5.87. The first-order chi connectivity index (χ1) is 9.59. The number of hydrogen-bond donors (Lipinski definition) is 1. The number of likely N-dealkylation sites (tertiary alicyclic amines) is 1. The first-order valence-corrected chi connectivity index (χ1v) is 7.23. The van der Waals surface area contributed by atoms with Crippen LogP contribution in [0.25, 0.3) is 0 Å². The van der Waals surface area contributed by atoms with Gasteiger partial charge in [0.2, 0.25) is 0 Å². The summed E-state index contributed by atoms with van der Waals surface area (Å²) >= 11 is 0. The van der Waals surface area contributed by atoms with Gasteiger partial charge in [-0.1, -0.05) is 18.6 Å². The number of benzene rings is 1. The standard InChI is InChI=1S/C15H23N3O2/c1-12-13(6-5-8-15(12)18(19)20)10-16-11-14-7-3-4-9-17(14)2/h5-6,8,14,16H,3-4,7,9-11H2,1-2H3. The maximum atomic E-state index is 10.9. The fourth-order valence-electron chi connectivity index (χ4n) is 2.83. The highest BCUT2D eigenvalue weighted by Crippen LogP contribution is 2.21. The zero-order chi connectivity index (χ0) is 14.5. The van der Waals surface area contributed by atoms with Crippen LogP contribution in [0.1, 0.15) is 30.4 Å². The van der Waals surface area contributed by atoms with Crippen LogP contribution in [0, 0.1) is 17.0 Å². The SMILES string of the molecule is Cc1c(CNCC2CCCCN2C)cccc1[N+](=O)[O-]. The summed E-state index contributed by atoms with van der Waals surface area (Å²) in [5.74, 6) is 0. The minimum absolute atomic E-state index is 0.207. The Bertz CT molecular complexity index is 476. The van der Waals surface area contributed by atoms with Gasteiger partial charge >= 0.3 is 0 Å². The van der Waals surface area contributed by atoms with Gasteiger partial charge in [0.25, 0.3) is 5.69 Å². The molecule has 0 aliphatic carbocycles. The highest BCUT2D eigenvalue weighted by Gasteiger charge is 2.18. The van der Waals surface area contributed by atoms with Crippen molar-refractivity contribution in [3.05, 3.63) is 39.4 Å². The zero-order valence-corrected chi connectivity index (χ0v) is 12.3. The van der Waals surface area contributed by atoms with Crippen molar-refractivity contribution in [2.45, 2.75) is 38.8 Å². The van der Waals surface area contributed by atoms with Crippen molar-refractivity contribution < 1.29 is 4.92 Å². The van der Waals surface area contributed by atoms with Gasteiger partial charge in [-0.05, 0) is 38.9 Å². The summed E-state index contributed by atoms with van der Waals surface area (Å²) in [5.41, 5.74) is 1.98. The van der Waals surface area contributed by atoms with Gasteiger partial charge in [0, 0.05) is 30.8 Å². The zero-order valence-electron chi connectivity index (χ0n) is 12.3. The Balaban J connectivity index is 1.91. The van der Waals surface area contributed by atoms with Gasteiger partial charge in [-0.15, -0.1) is 0 Å². The number of nitrogens with zero attached hydrogens (tertiary/aromatic N) is 2. The second-order valence-electron chi connectivity index (χ2n) is 5.58. The van der Waals surface area contributed by atoms with Gasteiger partial charge in [0.05, 0.1) is 4.92 Å². The van der Waals surface area contributed by atoms with E-state index in [-0.39, 0.29) is 10.6 Å². The normalized spacial score (nSPS) is 20.0. The summed E-state index contributed by atoms with van der Waals surface area (Å²) in [6.45, 7) is 4.63. The molecule has 1 aromatic carbocycles. The summed E-state index contributed by atoms with van der Waals surface area (Å²) in [5, 5.41) is 14.4. The molecule has 5 heteroatoms. The molecule has 2 rings (SSSR count). The second kappa shape index (κ2) is 6.81. The van der Waals surface area contributed by atoms with Crippen molar-refractivity contribution in [1.82, 2.24) is 10.2 Å². The molecule has 1 fully saturated rings. The van der Waals surface area contributed by atoms with Gasteiger partial charge in [0.1, 0.15) is 0 Å². The van der Waals surface area contributed by atoms with E-state index in [0.717, 1.165) is 17.7 Å². The maximum Gasteiger partial charge on any atom is 0.272 e. The van der Waals surface area contributed by atoms with Crippen LogP contribution in [0.5, 0.6) is 0 Å². The van der Waals surface area contributed by atoms with E-state index in [0.29, 0.717) is 12.6 Å². The van der Waals surface area contributed by atoms with Crippen molar-refractivity contribution in [2.24, 2.45) is 0 Å². The summed E-state index contributed by atoms with van der Waals surface area (Å²) in [7, 11) is 2.17. The Labute approximate surface area is 120 Å². The number of piperidine rings is 1. The molecular weight excluding hydrogens is 254 g/mol. The summed E-state index contributed by atoms with van der Waals surface area (Å²) in [4.78, 5) is 13.0. The lowest BCUT2D eigenvalue weighted by Crippen LogP contribution is -2.42. The lowest BCUT2D eigenvalue weighted by Gasteiger charge is -2.32. The van der Waals surface area contributed by atoms with Gasteiger partial charge < -0.3 is 10.2 Å². The van der Waals surface area contributed by atoms with E-state index < -0.39 is 0 Å². The number of rotatable bonds is 5. The molecule has 1 aliphatic heterocycles. The molecule has 110 valence electrons. The van der Waals surface area contributed by atoms with Crippen LogP contribution >= 0.6 is 0 Å². The predicted molar refractivity (Wildman–Crippen MR) is 79.8 cm³/mol. The van der Waals surface area contributed by atoms with Crippen LogP contribution in [0.15, 0.2) is 18.2 Å². The van der Waals surface area contributed by atoms with E-state index in [1.807, 2.05) is 13.0 Å². The number of nitro benzene ring substituents is 1. The molecule has 1 aliphatic rings. The van der Waals surface area contributed by atoms with Crippen LogP contribution in [-0.2, 0) is 6.54 Å². The number of nitro groups is 1. The summed E-state index contributed by atoms with van der Waals surface area (Å²) < 4.78 is 0. The van der Waals surface area contributed by atoms with Crippen molar-refractivity contribution in [3.8, 4) is 0 Å². The van der Waals surface area contributed by atoms with Gasteiger partial charge in [-0.2, -0.15) is 0 Å². The molecule has 1 saturated heterocycles. The monoisotopic (exact) mass is 277 g/mol. The van der Waals surface area contributed by atoms with E-state index in [2.05, 4.69) is 17.3 Å². The lowest BCUT2D eigenvalue weighted by atomic mass is 10.0. The molecule has 1 atom stereocenters. The van der Waals surface area contributed by atoms with Crippen LogP contribution in [0.4, 0.5) is 5.69 Å². The average molecular weight is 277 g/mol. The third-order valence-electron chi connectivity index (χ3n) is 4.23. The van der Waals surface area contributed by atoms with E-state index in [4.69, 9.17) is 0 Å². The minimum atomic E-state index is -0.312. The highest BCUT2D eigenvalue weighted by atomic mass is 16.6. The Hall–Kier alpha value is -1.46. The molecule has 0 spiro atoms. The topological polar surface area (TPSA) is 58.4 Å². The van der Waals surface area contributed by atoms with Crippen LogP contribution in [-0.4, -0.2) is 36.0 Å². The quantitative estimate of drug-likeness (QED) is 0.663. The van der Waals surface area contributed by atoms with Crippen LogP contribution < -0.4 is 5.32 Å². The molecule has 0 amide bonds. The molecule has 0 saturated carbocycles. The Morgan fingerprint density at radius 2 is 2.25 bits per heavy atom. The van der Waals surface area contributed by atoms with Gasteiger partial charge in [0.15, 0.2) is 0 Å². The van der Waals surface area contributed by atoms with Gasteiger partial charge in [-0.3, -0.25) is 10.1 Å². The van der Waals surface area contributed by atoms with E-state index in [1.165, 1.54) is 25.8 Å². The Morgan fingerprint density at radius 3 is 2.95 bits per heavy atom. The van der Waals surface area contributed by atoms with Crippen LogP contribution in [0.2, 0.25) is 0 Å². The van der Waals surface area contributed by atoms with Crippen molar-refractivity contribution >= 4 is 5.69 Å². The maximum absolute atomic E-state index is 10.9. The van der Waals surface area contributed by atoms with Gasteiger partial charge in [-0.25, -0.2) is 0 Å². The molecule has 1 N–H and O–H groups in total. The van der Waals surface area contributed by atoms with E-state index in [1.54, 1.807) is 12.1 Å². The molecule has 1 unspecified atom stereocenters. The third kappa shape index (κ3) is 3.55. The fourth-order valence-corrected chi connectivity index (χ4v) is 2.83. The summed E-state index contributed by atoms with van der Waals surface area (Å²) in [6.07, 6.45) is 3.82. The minimum Gasteiger partial charge on any atom is -0.311 e. The average Bonchev–Trinajstić information content (AvgIpc) is 2.42. The first-order valence-electron chi connectivity index (χ1n) is 7.23. The Kier molecular flexibility index (Phi) is 5.09. The molecule has 20 heavy (non-hydrogen) atoms. The molecule has 0 radical (unpaired) electrons. The second-order valence-corrected chi connectivity index (χ2v) is 5.58. The molecule has 0 bridgehead atoms. The van der Waals surface area contributed by atoms with E-state index in [9.17, 15) is 10.1 Å². The van der Waals surface area contributed by atoms with Crippen molar-refractivity contribution in [2.75, 3.05) is 20.1 Å². The molecule has 1 aromatic rings. The molecule has 5 nitrogen and oxygen atoms in total. The van der Waals surface area contributed by atoms with Crippen LogP contribution in [0.3, 0.4) is 0 Å². The van der Waals surface area contributed by atoms with Crippen molar-refractivity contribution in [3.63, 3.8) is 0 Å². The highest BCUT2D eigenvalue weighted by molar-refractivity contribution is 5.44. The van der Waals surface area contributed by atoms with E-state index >= 15 is 0 Å². The smallest absolute Gasteiger partial charge is 0.272 e. The number of nitrogens with one attached hydrogen (secondary N) is 1. The number of likely N-dealkylation sites (N-methyl/N-ethyl adjacent to an activating group) is 1.